The van der Waals surface area contributed by atoms with E-state index in [1.807, 2.05) is 31.2 Å². The third-order valence-electron chi connectivity index (χ3n) is 5.90. The summed E-state index contributed by atoms with van der Waals surface area (Å²) in [6.07, 6.45) is 1.09. The molecule has 0 fully saturated rings. The number of benzene rings is 3. The first-order chi connectivity index (χ1) is 14.1. The third kappa shape index (κ3) is 4.43. The minimum absolute atomic E-state index is 0.0790. The van der Waals surface area contributed by atoms with Gasteiger partial charge in [-0.15, -0.1) is 0 Å². The van der Waals surface area contributed by atoms with Crippen molar-refractivity contribution in [1.29, 1.82) is 0 Å². The second-order valence-electron chi connectivity index (χ2n) is 7.78. The van der Waals surface area contributed by atoms with Crippen molar-refractivity contribution in [2.24, 2.45) is 0 Å². The van der Waals surface area contributed by atoms with Crippen molar-refractivity contribution in [3.8, 4) is 5.75 Å². The van der Waals surface area contributed by atoms with E-state index in [-0.39, 0.29) is 11.8 Å². The van der Waals surface area contributed by atoms with Crippen LogP contribution < -0.4 is 10.1 Å². The molecule has 1 amide bonds. The summed E-state index contributed by atoms with van der Waals surface area (Å²) in [6, 6.07) is 20.8. The average molecular weight is 389 g/mol. The van der Waals surface area contributed by atoms with Gasteiger partial charge in [-0.05, 0) is 52.9 Å². The first kappa shape index (κ1) is 19.5. The van der Waals surface area contributed by atoms with E-state index in [1.54, 1.807) is 7.11 Å². The normalized spacial score (nSPS) is 15.0. The van der Waals surface area contributed by atoms with Crippen LogP contribution in [0.2, 0.25) is 0 Å². The molecule has 1 aliphatic rings. The van der Waals surface area contributed by atoms with Crippen LogP contribution in [-0.2, 0) is 17.8 Å². The van der Waals surface area contributed by atoms with Gasteiger partial charge < -0.3 is 10.1 Å². The number of hydrogen-bond donors (Lipinski definition) is 1. The number of amides is 1. The maximum absolute atomic E-state index is 12.7. The Labute approximate surface area is 172 Å². The monoisotopic (exact) mass is 388 g/mol. The van der Waals surface area contributed by atoms with Crippen molar-refractivity contribution >= 4 is 16.7 Å². The molecule has 29 heavy (non-hydrogen) atoms. The van der Waals surface area contributed by atoms with Crippen molar-refractivity contribution in [1.82, 2.24) is 10.2 Å². The number of rotatable bonds is 6. The molecule has 4 heteroatoms. The zero-order valence-electron chi connectivity index (χ0n) is 17.2. The first-order valence-corrected chi connectivity index (χ1v) is 10.3. The molecule has 0 aromatic heterocycles. The number of ether oxygens (including phenoxy) is 1. The molecular weight excluding hydrogens is 360 g/mol. The summed E-state index contributed by atoms with van der Waals surface area (Å²) < 4.78 is 5.28. The number of carbonyl (C=O) groups excluding carboxylic acids is 1. The summed E-state index contributed by atoms with van der Waals surface area (Å²) in [5, 5.41) is 5.35. The van der Waals surface area contributed by atoms with Crippen LogP contribution in [0.25, 0.3) is 10.8 Å². The molecule has 3 aromatic carbocycles. The molecule has 1 heterocycles. The van der Waals surface area contributed by atoms with E-state index in [0.717, 1.165) is 48.1 Å². The van der Waals surface area contributed by atoms with Gasteiger partial charge in [0.1, 0.15) is 5.75 Å². The summed E-state index contributed by atoms with van der Waals surface area (Å²) in [5.41, 5.74) is 3.90. The van der Waals surface area contributed by atoms with Crippen LogP contribution in [0.3, 0.4) is 0 Å². The van der Waals surface area contributed by atoms with E-state index in [1.165, 1.54) is 11.1 Å². The van der Waals surface area contributed by atoms with Gasteiger partial charge in [0.15, 0.2) is 0 Å². The predicted octanol–water partition coefficient (Wildman–Crippen LogP) is 4.13. The van der Waals surface area contributed by atoms with Crippen LogP contribution in [0.1, 0.15) is 29.5 Å². The fraction of sp³-hybridized carbons (Fsp3) is 0.320. The number of methoxy groups -OCH3 is 1. The predicted molar refractivity (Wildman–Crippen MR) is 117 cm³/mol. The second-order valence-corrected chi connectivity index (χ2v) is 7.78. The summed E-state index contributed by atoms with van der Waals surface area (Å²) >= 11 is 0. The van der Waals surface area contributed by atoms with Gasteiger partial charge in [-0.25, -0.2) is 0 Å². The van der Waals surface area contributed by atoms with E-state index in [9.17, 15) is 4.79 Å². The molecule has 0 spiro atoms. The Kier molecular flexibility index (Phi) is 5.81. The zero-order chi connectivity index (χ0) is 20.2. The van der Waals surface area contributed by atoms with E-state index in [2.05, 4.69) is 46.6 Å². The number of hydrogen-bond acceptors (Lipinski definition) is 3. The van der Waals surface area contributed by atoms with Gasteiger partial charge in [-0.2, -0.15) is 0 Å². The lowest BCUT2D eigenvalue weighted by atomic mass is 9.97. The highest BCUT2D eigenvalue weighted by Gasteiger charge is 2.18. The average Bonchev–Trinajstić information content (AvgIpc) is 2.77. The minimum atomic E-state index is -0.177. The second kappa shape index (κ2) is 8.66. The SMILES string of the molecule is COc1ccc2cc(C(C)C(=O)NCCN3CCc4ccccc4C3)ccc2c1. The molecule has 0 aliphatic carbocycles. The number of nitrogens with zero attached hydrogens (tertiary/aromatic N) is 1. The molecule has 4 rings (SSSR count). The van der Waals surface area contributed by atoms with Crippen LogP contribution in [0.4, 0.5) is 0 Å². The van der Waals surface area contributed by atoms with Crippen LogP contribution in [0.5, 0.6) is 5.75 Å². The van der Waals surface area contributed by atoms with E-state index < -0.39 is 0 Å². The first-order valence-electron chi connectivity index (χ1n) is 10.3. The lowest BCUT2D eigenvalue weighted by molar-refractivity contribution is -0.122. The molecule has 1 unspecified atom stereocenters. The zero-order valence-corrected chi connectivity index (χ0v) is 17.2. The molecule has 1 N–H and O–H groups in total. The van der Waals surface area contributed by atoms with Gasteiger partial charge in [0.05, 0.1) is 13.0 Å². The highest BCUT2D eigenvalue weighted by atomic mass is 16.5. The molecule has 0 radical (unpaired) electrons. The Bertz CT molecular complexity index is 1010. The van der Waals surface area contributed by atoms with Crippen molar-refractivity contribution in [3.63, 3.8) is 0 Å². The lowest BCUT2D eigenvalue weighted by Crippen LogP contribution is -2.38. The Balaban J connectivity index is 1.32. The Morgan fingerprint density at radius 3 is 2.66 bits per heavy atom. The quantitative estimate of drug-likeness (QED) is 0.690. The standard InChI is InChI=1S/C25H28N2O2/c1-18(20-7-8-22-16-24(29-2)10-9-21(22)15-20)25(28)26-12-14-27-13-11-19-5-3-4-6-23(19)17-27/h3-10,15-16,18H,11-14,17H2,1-2H3,(H,26,28). The topological polar surface area (TPSA) is 41.6 Å². The number of fused-ring (bicyclic) bond motifs is 2. The van der Waals surface area contributed by atoms with Gasteiger partial charge in [0, 0.05) is 26.2 Å². The Morgan fingerprint density at radius 1 is 1.07 bits per heavy atom. The molecule has 4 nitrogen and oxygen atoms in total. The summed E-state index contributed by atoms with van der Waals surface area (Å²) in [5.74, 6) is 0.746. The van der Waals surface area contributed by atoms with Gasteiger partial charge >= 0.3 is 0 Å². The number of nitrogens with one attached hydrogen (secondary N) is 1. The Morgan fingerprint density at radius 2 is 1.83 bits per heavy atom. The molecule has 0 saturated heterocycles. The molecule has 1 aliphatic heterocycles. The molecule has 0 saturated carbocycles. The van der Waals surface area contributed by atoms with Gasteiger partial charge in [-0.1, -0.05) is 48.5 Å². The van der Waals surface area contributed by atoms with Crippen molar-refractivity contribution in [3.05, 3.63) is 77.4 Å². The van der Waals surface area contributed by atoms with Gasteiger partial charge in [0.2, 0.25) is 5.91 Å². The van der Waals surface area contributed by atoms with E-state index in [0.29, 0.717) is 6.54 Å². The summed E-state index contributed by atoms with van der Waals surface area (Å²) in [7, 11) is 1.67. The van der Waals surface area contributed by atoms with E-state index >= 15 is 0 Å². The molecular formula is C25H28N2O2. The fourth-order valence-corrected chi connectivity index (χ4v) is 4.03. The summed E-state index contributed by atoms with van der Waals surface area (Å²) in [6.45, 7) is 5.55. The largest absolute Gasteiger partial charge is 0.497 e. The smallest absolute Gasteiger partial charge is 0.227 e. The maximum atomic E-state index is 12.7. The molecule has 0 bridgehead atoms. The van der Waals surface area contributed by atoms with E-state index in [4.69, 9.17) is 4.74 Å². The van der Waals surface area contributed by atoms with Gasteiger partial charge in [0.25, 0.3) is 0 Å². The Hall–Kier alpha value is -2.85. The van der Waals surface area contributed by atoms with Crippen molar-refractivity contribution < 1.29 is 9.53 Å². The van der Waals surface area contributed by atoms with Crippen LogP contribution in [0.15, 0.2) is 60.7 Å². The van der Waals surface area contributed by atoms with Crippen LogP contribution in [0, 0.1) is 0 Å². The third-order valence-corrected chi connectivity index (χ3v) is 5.90. The lowest BCUT2D eigenvalue weighted by Gasteiger charge is -2.28. The summed E-state index contributed by atoms with van der Waals surface area (Å²) in [4.78, 5) is 15.1. The molecule has 3 aromatic rings. The van der Waals surface area contributed by atoms with Crippen molar-refractivity contribution in [2.75, 3.05) is 26.7 Å². The molecule has 1 atom stereocenters. The number of carbonyl (C=O) groups is 1. The highest BCUT2D eigenvalue weighted by molar-refractivity contribution is 5.88. The highest BCUT2D eigenvalue weighted by Crippen LogP contribution is 2.25. The molecule has 150 valence electrons. The fourth-order valence-electron chi connectivity index (χ4n) is 4.03. The minimum Gasteiger partial charge on any atom is -0.497 e. The van der Waals surface area contributed by atoms with Crippen LogP contribution in [-0.4, -0.2) is 37.6 Å². The maximum Gasteiger partial charge on any atom is 0.227 e. The van der Waals surface area contributed by atoms with Crippen LogP contribution >= 0.6 is 0 Å². The van der Waals surface area contributed by atoms with Gasteiger partial charge in [-0.3, -0.25) is 9.69 Å². The van der Waals surface area contributed by atoms with Crippen molar-refractivity contribution in [2.45, 2.75) is 25.8 Å².